The molecule has 0 aliphatic carbocycles. The largest absolute Gasteiger partial charge is 0.331 e. The molecule has 0 saturated carbocycles. The van der Waals surface area contributed by atoms with Gasteiger partial charge in [0.05, 0.1) is 11.0 Å². The Balaban J connectivity index is 1.77. The molecular formula is C16H23N3OS. The van der Waals surface area contributed by atoms with Crippen molar-refractivity contribution in [1.82, 2.24) is 9.97 Å². The van der Waals surface area contributed by atoms with E-state index in [9.17, 15) is 4.79 Å². The Morgan fingerprint density at radius 3 is 2.62 bits per heavy atom. The summed E-state index contributed by atoms with van der Waals surface area (Å²) in [5.41, 5.74) is 2.68. The third-order valence-electron chi connectivity index (χ3n) is 3.56. The van der Waals surface area contributed by atoms with Gasteiger partial charge < -0.3 is 15.3 Å². The van der Waals surface area contributed by atoms with Crippen molar-refractivity contribution in [3.05, 3.63) is 23.0 Å². The van der Waals surface area contributed by atoms with Crippen LogP contribution in [0.15, 0.2) is 18.2 Å². The van der Waals surface area contributed by atoms with Crippen LogP contribution in [0.25, 0.3) is 11.0 Å². The van der Waals surface area contributed by atoms with Crippen LogP contribution in [0.1, 0.15) is 51.9 Å². The van der Waals surface area contributed by atoms with Gasteiger partial charge in [0.1, 0.15) is 0 Å². The highest BCUT2D eigenvalue weighted by Gasteiger charge is 2.04. The van der Waals surface area contributed by atoms with Crippen molar-refractivity contribution in [3.8, 4) is 0 Å². The van der Waals surface area contributed by atoms with E-state index >= 15 is 0 Å². The Hall–Kier alpha value is -1.62. The predicted molar refractivity (Wildman–Crippen MR) is 90.1 cm³/mol. The second-order valence-corrected chi connectivity index (χ2v) is 5.81. The number of benzene rings is 1. The van der Waals surface area contributed by atoms with Crippen molar-refractivity contribution in [2.45, 2.75) is 51.9 Å². The lowest BCUT2D eigenvalue weighted by atomic mass is 10.1. The van der Waals surface area contributed by atoms with Crippen molar-refractivity contribution in [2.24, 2.45) is 0 Å². The fourth-order valence-corrected chi connectivity index (χ4v) is 2.62. The van der Waals surface area contributed by atoms with Crippen LogP contribution in [-0.4, -0.2) is 15.9 Å². The second-order valence-electron chi connectivity index (χ2n) is 5.41. The van der Waals surface area contributed by atoms with Crippen LogP contribution in [0.4, 0.5) is 5.69 Å². The molecule has 3 N–H and O–H groups in total. The summed E-state index contributed by atoms with van der Waals surface area (Å²) in [5.74, 6) is 0.0824. The number of carbonyl (C=O) groups is 1. The molecule has 4 nitrogen and oxygen atoms in total. The Morgan fingerprint density at radius 2 is 1.81 bits per heavy atom. The summed E-state index contributed by atoms with van der Waals surface area (Å²) in [7, 11) is 0. The number of unbranched alkanes of at least 4 members (excludes halogenated alkanes) is 5. The summed E-state index contributed by atoms with van der Waals surface area (Å²) in [5, 5.41) is 2.94. The van der Waals surface area contributed by atoms with Gasteiger partial charge in [-0.15, -0.1) is 0 Å². The van der Waals surface area contributed by atoms with Crippen molar-refractivity contribution in [1.29, 1.82) is 0 Å². The maximum Gasteiger partial charge on any atom is 0.224 e. The summed E-state index contributed by atoms with van der Waals surface area (Å²) in [4.78, 5) is 18.0. The maximum absolute atomic E-state index is 11.9. The molecule has 5 heteroatoms. The predicted octanol–water partition coefficient (Wildman–Crippen LogP) is 4.91. The van der Waals surface area contributed by atoms with Crippen molar-refractivity contribution >= 4 is 34.8 Å². The zero-order valence-corrected chi connectivity index (χ0v) is 13.3. The fraction of sp³-hybridized carbons (Fsp3) is 0.500. The number of rotatable bonds is 8. The minimum Gasteiger partial charge on any atom is -0.331 e. The summed E-state index contributed by atoms with van der Waals surface area (Å²) in [6.45, 7) is 2.21. The highest BCUT2D eigenvalue weighted by Crippen LogP contribution is 2.17. The number of carbonyl (C=O) groups excluding carboxylic acids is 1. The van der Waals surface area contributed by atoms with Gasteiger partial charge in [-0.25, -0.2) is 0 Å². The maximum atomic E-state index is 11.9. The van der Waals surface area contributed by atoms with E-state index in [4.69, 9.17) is 12.2 Å². The van der Waals surface area contributed by atoms with Crippen LogP contribution in [0.5, 0.6) is 0 Å². The first-order valence-electron chi connectivity index (χ1n) is 7.71. The SMILES string of the molecule is CCCCCCCCC(=O)Nc1ccc2[nH]c(=S)[nH]c2c1. The number of nitrogens with one attached hydrogen (secondary N) is 3. The summed E-state index contributed by atoms with van der Waals surface area (Å²) >= 11 is 5.05. The number of hydrogen-bond donors (Lipinski definition) is 3. The summed E-state index contributed by atoms with van der Waals surface area (Å²) in [6, 6.07) is 5.71. The first-order valence-corrected chi connectivity index (χ1v) is 8.12. The molecule has 1 amide bonds. The topological polar surface area (TPSA) is 60.7 Å². The molecule has 0 spiro atoms. The molecular weight excluding hydrogens is 282 g/mol. The Bertz CT molecular complexity index is 644. The molecule has 1 heterocycles. The molecule has 0 fully saturated rings. The fourth-order valence-electron chi connectivity index (χ4n) is 2.40. The molecule has 0 radical (unpaired) electrons. The minimum atomic E-state index is 0.0824. The van der Waals surface area contributed by atoms with Gasteiger partial charge >= 0.3 is 0 Å². The monoisotopic (exact) mass is 305 g/mol. The number of aromatic amines is 2. The van der Waals surface area contributed by atoms with Gasteiger partial charge in [0.2, 0.25) is 5.91 Å². The quantitative estimate of drug-likeness (QED) is 0.479. The van der Waals surface area contributed by atoms with Crippen LogP contribution in [0.2, 0.25) is 0 Å². The number of hydrogen-bond acceptors (Lipinski definition) is 2. The first-order chi connectivity index (χ1) is 10.2. The Labute approximate surface area is 130 Å². The molecule has 1 aromatic heterocycles. The van der Waals surface area contributed by atoms with E-state index in [1.54, 1.807) is 0 Å². The summed E-state index contributed by atoms with van der Waals surface area (Å²) < 4.78 is 0.598. The van der Waals surface area contributed by atoms with Crippen molar-refractivity contribution < 1.29 is 4.79 Å². The molecule has 0 aliphatic heterocycles. The minimum absolute atomic E-state index is 0.0824. The lowest BCUT2D eigenvalue weighted by Crippen LogP contribution is -2.10. The van der Waals surface area contributed by atoms with Crippen molar-refractivity contribution in [3.63, 3.8) is 0 Å². The van der Waals surface area contributed by atoms with Gasteiger partial charge in [0.25, 0.3) is 0 Å². The Morgan fingerprint density at radius 1 is 1.10 bits per heavy atom. The number of aromatic nitrogens is 2. The average molecular weight is 305 g/mol. The zero-order valence-electron chi connectivity index (χ0n) is 12.5. The molecule has 0 bridgehead atoms. The van der Waals surface area contributed by atoms with Crippen LogP contribution >= 0.6 is 12.2 Å². The van der Waals surface area contributed by atoms with E-state index < -0.39 is 0 Å². The van der Waals surface area contributed by atoms with E-state index in [1.807, 2.05) is 18.2 Å². The van der Waals surface area contributed by atoms with Gasteiger partial charge in [0.15, 0.2) is 4.77 Å². The van der Waals surface area contributed by atoms with Gasteiger partial charge in [-0.3, -0.25) is 4.79 Å². The third kappa shape index (κ3) is 5.01. The van der Waals surface area contributed by atoms with Crippen LogP contribution in [-0.2, 0) is 4.79 Å². The van der Waals surface area contributed by atoms with Crippen LogP contribution in [0, 0.1) is 4.77 Å². The van der Waals surface area contributed by atoms with Gasteiger partial charge in [-0.2, -0.15) is 0 Å². The van der Waals surface area contributed by atoms with Crippen molar-refractivity contribution in [2.75, 3.05) is 5.32 Å². The second kappa shape index (κ2) is 7.98. The third-order valence-corrected chi connectivity index (χ3v) is 3.76. The molecule has 2 aromatic rings. The van der Waals surface area contributed by atoms with Gasteiger partial charge in [-0.05, 0) is 36.8 Å². The standard InChI is InChI=1S/C16H23N3OS/c1-2-3-4-5-6-7-8-15(20)17-12-9-10-13-14(11-12)19-16(21)18-13/h9-11H,2-8H2,1H3,(H,17,20)(H2,18,19,21). The molecule has 0 atom stereocenters. The number of imidazole rings is 1. The molecule has 114 valence electrons. The first kappa shape index (κ1) is 15.8. The van der Waals surface area contributed by atoms with E-state index in [-0.39, 0.29) is 5.91 Å². The van der Waals surface area contributed by atoms with Crippen LogP contribution < -0.4 is 5.32 Å². The number of amides is 1. The molecule has 0 saturated heterocycles. The van der Waals surface area contributed by atoms with E-state index in [0.717, 1.165) is 29.6 Å². The van der Waals surface area contributed by atoms with Crippen LogP contribution in [0.3, 0.4) is 0 Å². The molecule has 21 heavy (non-hydrogen) atoms. The smallest absolute Gasteiger partial charge is 0.224 e. The lowest BCUT2D eigenvalue weighted by molar-refractivity contribution is -0.116. The van der Waals surface area contributed by atoms with E-state index in [0.29, 0.717) is 11.2 Å². The number of fused-ring (bicyclic) bond motifs is 1. The number of anilines is 1. The van der Waals surface area contributed by atoms with E-state index in [2.05, 4.69) is 22.2 Å². The highest BCUT2D eigenvalue weighted by molar-refractivity contribution is 7.71. The number of H-pyrrole nitrogens is 2. The zero-order chi connectivity index (χ0) is 15.1. The molecule has 1 aromatic carbocycles. The molecule has 0 unspecified atom stereocenters. The molecule has 2 rings (SSSR count). The van der Waals surface area contributed by atoms with Gasteiger partial charge in [0, 0.05) is 12.1 Å². The highest BCUT2D eigenvalue weighted by atomic mass is 32.1. The molecule has 0 aliphatic rings. The average Bonchev–Trinajstić information content (AvgIpc) is 2.82. The van der Waals surface area contributed by atoms with E-state index in [1.165, 1.54) is 25.7 Å². The normalized spacial score (nSPS) is 10.9. The Kier molecular flexibility index (Phi) is 5.99. The summed E-state index contributed by atoms with van der Waals surface area (Å²) in [6.07, 6.45) is 7.75. The van der Waals surface area contributed by atoms with Gasteiger partial charge in [-0.1, -0.05) is 39.0 Å². The lowest BCUT2D eigenvalue weighted by Gasteiger charge is -2.05.